The van der Waals surface area contributed by atoms with Crippen LogP contribution >= 0.6 is 11.8 Å². The summed E-state index contributed by atoms with van der Waals surface area (Å²) in [7, 11) is 1.98. The maximum Gasteiger partial charge on any atom is 0.190 e. The molecule has 0 aliphatic heterocycles. The minimum atomic E-state index is 0.955. The summed E-state index contributed by atoms with van der Waals surface area (Å²) in [5, 5.41) is 8.84. The van der Waals surface area contributed by atoms with Crippen molar-refractivity contribution in [3.8, 4) is 0 Å². The first-order chi connectivity index (χ1) is 5.36. The zero-order valence-corrected chi connectivity index (χ0v) is 7.34. The van der Waals surface area contributed by atoms with Gasteiger partial charge in [-0.3, -0.25) is 0 Å². The average molecular weight is 169 g/mol. The van der Waals surface area contributed by atoms with E-state index < -0.39 is 0 Å². The molecule has 0 saturated heterocycles. The molecule has 1 heterocycles. The highest BCUT2D eigenvalue weighted by Gasteiger charge is 2.21. The summed E-state index contributed by atoms with van der Waals surface area (Å²) in [5.41, 5.74) is 0. The van der Waals surface area contributed by atoms with Crippen molar-refractivity contribution >= 4 is 11.8 Å². The molecule has 2 rings (SSSR count). The lowest BCUT2D eigenvalue weighted by atomic mass is 10.5. The van der Waals surface area contributed by atoms with Crippen molar-refractivity contribution < 1.29 is 0 Å². The van der Waals surface area contributed by atoms with Crippen LogP contribution in [0.15, 0.2) is 11.5 Å². The predicted molar refractivity (Wildman–Crippen MR) is 44.5 cm³/mol. The third-order valence-electron chi connectivity index (χ3n) is 1.81. The van der Waals surface area contributed by atoms with E-state index in [1.807, 2.05) is 23.4 Å². The highest BCUT2D eigenvalue weighted by Crippen LogP contribution is 2.34. The van der Waals surface area contributed by atoms with Crippen LogP contribution in [0.5, 0.6) is 0 Å². The number of hydrogen-bond donors (Lipinski definition) is 0. The van der Waals surface area contributed by atoms with E-state index in [0.717, 1.165) is 11.1 Å². The van der Waals surface area contributed by atoms with Crippen molar-refractivity contribution in [1.82, 2.24) is 14.8 Å². The van der Waals surface area contributed by atoms with Gasteiger partial charge in [0.05, 0.1) is 0 Å². The van der Waals surface area contributed by atoms with Gasteiger partial charge in [0.2, 0.25) is 0 Å². The molecule has 1 aliphatic carbocycles. The summed E-state index contributed by atoms with van der Waals surface area (Å²) in [5.74, 6) is 2.17. The van der Waals surface area contributed by atoms with Crippen LogP contribution in [0.1, 0.15) is 12.8 Å². The Balaban J connectivity index is 1.89. The van der Waals surface area contributed by atoms with Gasteiger partial charge in [-0.15, -0.1) is 10.2 Å². The van der Waals surface area contributed by atoms with Gasteiger partial charge < -0.3 is 4.57 Å². The molecule has 0 atom stereocenters. The van der Waals surface area contributed by atoms with Gasteiger partial charge in [0.15, 0.2) is 5.16 Å². The standard InChI is InChI=1S/C7H11N3S/c1-10-5-8-9-7(10)11-4-6-2-3-6/h5-6H,2-4H2,1H3. The fraction of sp³-hybridized carbons (Fsp3) is 0.714. The van der Waals surface area contributed by atoms with Gasteiger partial charge in [-0.25, -0.2) is 0 Å². The van der Waals surface area contributed by atoms with Gasteiger partial charge in [0, 0.05) is 12.8 Å². The van der Waals surface area contributed by atoms with Crippen molar-refractivity contribution in [3.05, 3.63) is 6.33 Å². The number of rotatable bonds is 3. The predicted octanol–water partition coefficient (Wildman–Crippen LogP) is 1.32. The monoisotopic (exact) mass is 169 g/mol. The maximum absolute atomic E-state index is 3.99. The maximum atomic E-state index is 3.99. The summed E-state index contributed by atoms with van der Waals surface area (Å²) in [6.45, 7) is 0. The molecule has 1 fully saturated rings. The lowest BCUT2D eigenvalue weighted by Crippen LogP contribution is -1.90. The molecule has 0 amide bonds. The van der Waals surface area contributed by atoms with Crippen molar-refractivity contribution in [1.29, 1.82) is 0 Å². The first kappa shape index (κ1) is 7.16. The van der Waals surface area contributed by atoms with Gasteiger partial charge in [0.1, 0.15) is 6.33 Å². The van der Waals surface area contributed by atoms with E-state index in [1.165, 1.54) is 18.6 Å². The lowest BCUT2D eigenvalue weighted by molar-refractivity contribution is 0.786. The highest BCUT2D eigenvalue weighted by molar-refractivity contribution is 7.99. The number of nitrogens with zero attached hydrogens (tertiary/aromatic N) is 3. The lowest BCUT2D eigenvalue weighted by Gasteiger charge is -1.96. The van der Waals surface area contributed by atoms with Crippen molar-refractivity contribution in [2.24, 2.45) is 13.0 Å². The third kappa shape index (κ3) is 1.74. The number of thioether (sulfide) groups is 1. The average Bonchev–Trinajstić information content (AvgIpc) is 2.73. The normalized spacial score (nSPS) is 17.2. The molecule has 11 heavy (non-hydrogen) atoms. The first-order valence-corrected chi connectivity index (χ1v) is 4.81. The second-order valence-electron chi connectivity index (χ2n) is 2.98. The molecule has 0 spiro atoms. The molecule has 60 valence electrons. The SMILES string of the molecule is Cn1cnnc1SCC1CC1. The number of hydrogen-bond acceptors (Lipinski definition) is 3. The van der Waals surface area contributed by atoms with Gasteiger partial charge >= 0.3 is 0 Å². The Bertz CT molecular complexity index is 242. The molecule has 1 saturated carbocycles. The van der Waals surface area contributed by atoms with E-state index in [4.69, 9.17) is 0 Å². The summed E-state index contributed by atoms with van der Waals surface area (Å²) in [4.78, 5) is 0. The molecule has 1 aromatic heterocycles. The quantitative estimate of drug-likeness (QED) is 0.639. The van der Waals surface area contributed by atoms with Crippen LogP contribution in [-0.4, -0.2) is 20.5 Å². The van der Waals surface area contributed by atoms with Gasteiger partial charge in [-0.05, 0) is 18.8 Å². The topological polar surface area (TPSA) is 30.7 Å². The van der Waals surface area contributed by atoms with Gasteiger partial charge in [0.25, 0.3) is 0 Å². The van der Waals surface area contributed by atoms with Crippen molar-refractivity contribution in [2.45, 2.75) is 18.0 Å². The minimum absolute atomic E-state index is 0.955. The molecule has 4 heteroatoms. The second-order valence-corrected chi connectivity index (χ2v) is 3.97. The molecule has 3 nitrogen and oxygen atoms in total. The number of aromatic nitrogens is 3. The van der Waals surface area contributed by atoms with Crippen molar-refractivity contribution in [3.63, 3.8) is 0 Å². The fourth-order valence-electron chi connectivity index (χ4n) is 0.880. The largest absolute Gasteiger partial charge is 0.312 e. The Morgan fingerprint density at radius 3 is 3.09 bits per heavy atom. The highest BCUT2D eigenvalue weighted by atomic mass is 32.2. The van der Waals surface area contributed by atoms with Gasteiger partial charge in [-0.2, -0.15) is 0 Å². The Labute approximate surface area is 70.2 Å². The van der Waals surface area contributed by atoms with E-state index in [9.17, 15) is 0 Å². The van der Waals surface area contributed by atoms with Crippen LogP contribution in [0.25, 0.3) is 0 Å². The Morgan fingerprint density at radius 2 is 2.55 bits per heavy atom. The van der Waals surface area contributed by atoms with E-state index in [-0.39, 0.29) is 0 Å². The van der Waals surface area contributed by atoms with Crippen LogP contribution in [0.2, 0.25) is 0 Å². The van der Waals surface area contributed by atoms with Crippen LogP contribution in [0.4, 0.5) is 0 Å². The van der Waals surface area contributed by atoms with E-state index in [2.05, 4.69) is 10.2 Å². The second kappa shape index (κ2) is 2.85. The summed E-state index contributed by atoms with van der Waals surface area (Å²) < 4.78 is 1.97. The Hall–Kier alpha value is -0.510. The molecule has 1 aliphatic rings. The zero-order chi connectivity index (χ0) is 7.68. The molecular formula is C7H11N3S. The molecule has 0 unspecified atom stereocenters. The third-order valence-corrected chi connectivity index (χ3v) is 3.08. The summed E-state index contributed by atoms with van der Waals surface area (Å²) in [6.07, 6.45) is 4.56. The molecule has 0 aromatic carbocycles. The zero-order valence-electron chi connectivity index (χ0n) is 6.53. The fourth-order valence-corrected chi connectivity index (χ4v) is 1.95. The minimum Gasteiger partial charge on any atom is -0.312 e. The molecule has 0 radical (unpaired) electrons. The van der Waals surface area contributed by atoms with Crippen LogP contribution in [0.3, 0.4) is 0 Å². The van der Waals surface area contributed by atoms with Crippen molar-refractivity contribution in [2.75, 3.05) is 5.75 Å². The smallest absolute Gasteiger partial charge is 0.190 e. The molecule has 0 bridgehead atoms. The Kier molecular flexibility index (Phi) is 1.85. The molecule has 0 N–H and O–H groups in total. The summed E-state index contributed by atoms with van der Waals surface area (Å²) >= 11 is 1.81. The molecule has 1 aromatic rings. The van der Waals surface area contributed by atoms with E-state index >= 15 is 0 Å². The van der Waals surface area contributed by atoms with Crippen LogP contribution in [-0.2, 0) is 7.05 Å². The van der Waals surface area contributed by atoms with Crippen LogP contribution < -0.4 is 0 Å². The summed E-state index contributed by atoms with van der Waals surface area (Å²) in [6, 6.07) is 0. The van der Waals surface area contributed by atoms with E-state index in [0.29, 0.717) is 0 Å². The first-order valence-electron chi connectivity index (χ1n) is 3.83. The molecular weight excluding hydrogens is 158 g/mol. The Morgan fingerprint density at radius 1 is 1.73 bits per heavy atom. The van der Waals surface area contributed by atoms with Gasteiger partial charge in [-0.1, -0.05) is 11.8 Å². The van der Waals surface area contributed by atoms with Crippen LogP contribution in [0, 0.1) is 5.92 Å². The van der Waals surface area contributed by atoms with E-state index in [1.54, 1.807) is 6.33 Å². The number of aryl methyl sites for hydroxylation is 1.